The predicted octanol–water partition coefficient (Wildman–Crippen LogP) is 2.89. The molecule has 1 unspecified atom stereocenters. The molecule has 1 spiro atoms. The number of carbonyl (C=O) groups is 1. The zero-order chi connectivity index (χ0) is 20.6. The molecule has 2 fully saturated rings. The first kappa shape index (κ1) is 20.0. The molecule has 4 rings (SSSR count). The van der Waals surface area contributed by atoms with Crippen molar-refractivity contribution in [2.45, 2.75) is 43.2 Å². The number of alkyl halides is 3. The van der Waals surface area contributed by atoms with Gasteiger partial charge in [0.15, 0.2) is 0 Å². The Morgan fingerprint density at radius 2 is 2.07 bits per heavy atom. The smallest absolute Gasteiger partial charge is 0.427 e. The van der Waals surface area contributed by atoms with Gasteiger partial charge < -0.3 is 19.5 Å². The van der Waals surface area contributed by atoms with E-state index in [1.807, 2.05) is 35.1 Å². The molecule has 158 valence electrons. The van der Waals surface area contributed by atoms with Crippen molar-refractivity contribution in [3.05, 3.63) is 30.5 Å². The third kappa shape index (κ3) is 3.91. The first-order valence-corrected chi connectivity index (χ1v) is 9.51. The predicted molar refractivity (Wildman–Crippen MR) is 96.3 cm³/mol. The second-order valence-electron chi connectivity index (χ2n) is 7.58. The van der Waals surface area contributed by atoms with E-state index < -0.39 is 30.6 Å². The molecule has 0 bridgehead atoms. The normalized spacial score (nSPS) is 22.9. The fourth-order valence-corrected chi connectivity index (χ4v) is 4.11. The summed E-state index contributed by atoms with van der Waals surface area (Å²) in [6.45, 7) is -0.324. The Morgan fingerprint density at radius 1 is 1.34 bits per heavy atom. The van der Waals surface area contributed by atoms with Crippen LogP contribution in [0.15, 0.2) is 30.5 Å². The van der Waals surface area contributed by atoms with Gasteiger partial charge in [0.2, 0.25) is 6.10 Å². The van der Waals surface area contributed by atoms with E-state index in [1.54, 1.807) is 0 Å². The first-order valence-electron chi connectivity index (χ1n) is 9.51. The molecule has 0 radical (unpaired) electrons. The topological polar surface area (TPSA) is 76.8 Å². The van der Waals surface area contributed by atoms with E-state index in [2.05, 4.69) is 9.84 Å². The van der Waals surface area contributed by atoms with Crippen molar-refractivity contribution in [1.29, 1.82) is 0 Å². The number of halogens is 3. The maximum atomic E-state index is 12.7. The van der Waals surface area contributed by atoms with Crippen LogP contribution in [0.3, 0.4) is 0 Å². The van der Waals surface area contributed by atoms with Gasteiger partial charge in [0.25, 0.3) is 0 Å². The largest absolute Gasteiger partial charge is 0.434 e. The molecule has 1 amide bonds. The van der Waals surface area contributed by atoms with Crippen molar-refractivity contribution in [2.24, 2.45) is 0 Å². The summed E-state index contributed by atoms with van der Waals surface area (Å²) in [4.78, 5) is 13.3. The van der Waals surface area contributed by atoms with E-state index in [9.17, 15) is 18.0 Å². The summed E-state index contributed by atoms with van der Waals surface area (Å²) in [5.41, 5.74) is 0.607. The highest BCUT2D eigenvalue weighted by molar-refractivity contribution is 5.78. The van der Waals surface area contributed by atoms with Gasteiger partial charge in [-0.15, -0.1) is 0 Å². The van der Waals surface area contributed by atoms with E-state index in [0.717, 1.165) is 17.3 Å². The minimum absolute atomic E-state index is 0.0670. The molecule has 7 nitrogen and oxygen atoms in total. The van der Waals surface area contributed by atoms with Crippen LogP contribution in [0.5, 0.6) is 0 Å². The maximum Gasteiger partial charge on any atom is 0.427 e. The number of rotatable bonds is 3. The van der Waals surface area contributed by atoms with Crippen LogP contribution in [0, 0.1) is 0 Å². The summed E-state index contributed by atoms with van der Waals surface area (Å²) >= 11 is 0. The molecule has 2 aliphatic rings. The molecule has 3 heterocycles. The first-order chi connectivity index (χ1) is 13.8. The van der Waals surface area contributed by atoms with Gasteiger partial charge in [-0.3, -0.25) is 4.68 Å². The number of benzene rings is 1. The van der Waals surface area contributed by atoms with Crippen LogP contribution in [0.1, 0.15) is 25.3 Å². The highest BCUT2D eigenvalue weighted by Crippen LogP contribution is 2.41. The molecule has 2 aliphatic heterocycles. The molecular weight excluding hydrogens is 391 g/mol. The second kappa shape index (κ2) is 7.49. The monoisotopic (exact) mass is 413 g/mol. The number of ether oxygens (including phenoxy) is 2. The fourth-order valence-electron chi connectivity index (χ4n) is 4.11. The average molecular weight is 413 g/mol. The Bertz CT molecular complexity index is 877. The van der Waals surface area contributed by atoms with E-state index in [0.29, 0.717) is 19.4 Å². The van der Waals surface area contributed by atoms with Gasteiger partial charge in [-0.1, -0.05) is 18.2 Å². The molecule has 1 aromatic carbocycles. The Morgan fingerprint density at radius 3 is 2.76 bits per heavy atom. The average Bonchev–Trinajstić information content (AvgIpc) is 3.30. The number of hydrogen-bond acceptors (Lipinski definition) is 5. The number of nitrogens with zero attached hydrogens (tertiary/aromatic N) is 3. The van der Waals surface area contributed by atoms with Gasteiger partial charge >= 0.3 is 12.3 Å². The minimum Gasteiger partial charge on any atom is -0.434 e. The van der Waals surface area contributed by atoms with Gasteiger partial charge in [-0.2, -0.15) is 18.3 Å². The lowest BCUT2D eigenvalue weighted by atomic mass is 9.87. The zero-order valence-corrected chi connectivity index (χ0v) is 15.6. The summed E-state index contributed by atoms with van der Waals surface area (Å²) < 4.78 is 50.6. The van der Waals surface area contributed by atoms with Gasteiger partial charge in [-0.25, -0.2) is 4.79 Å². The van der Waals surface area contributed by atoms with Crippen LogP contribution in [0.25, 0.3) is 10.9 Å². The Labute approximate surface area is 165 Å². The summed E-state index contributed by atoms with van der Waals surface area (Å²) in [5.74, 6) is 0. The van der Waals surface area contributed by atoms with E-state index in [4.69, 9.17) is 9.84 Å². The SMILES string of the molecule is O=C(O[C@H](CO)C(F)(F)F)N1CCC2(CC1)CC(n1ncc3ccccc31)CO2. The van der Waals surface area contributed by atoms with Gasteiger partial charge in [0.05, 0.1) is 36.6 Å². The highest BCUT2D eigenvalue weighted by atomic mass is 19.4. The quantitative estimate of drug-likeness (QED) is 0.838. The number of hydrogen-bond donors (Lipinski definition) is 1. The summed E-state index contributed by atoms with van der Waals surface area (Å²) in [5, 5.41) is 14.4. The lowest BCUT2D eigenvalue weighted by molar-refractivity contribution is -0.215. The zero-order valence-electron chi connectivity index (χ0n) is 15.6. The third-order valence-electron chi connectivity index (χ3n) is 5.75. The molecule has 0 aliphatic carbocycles. The molecule has 0 saturated carbocycles. The van der Waals surface area contributed by atoms with E-state index in [1.165, 1.54) is 4.90 Å². The van der Waals surface area contributed by atoms with Crippen molar-refractivity contribution in [2.75, 3.05) is 26.3 Å². The Hall–Kier alpha value is -2.33. The third-order valence-corrected chi connectivity index (χ3v) is 5.75. The number of aliphatic hydroxyl groups is 1. The Balaban J connectivity index is 1.36. The lowest BCUT2D eigenvalue weighted by Crippen LogP contribution is -2.49. The molecule has 10 heteroatoms. The number of likely N-dealkylation sites (tertiary alicyclic amines) is 1. The number of para-hydroxylation sites is 1. The number of piperidine rings is 1. The second-order valence-corrected chi connectivity index (χ2v) is 7.58. The number of carbonyl (C=O) groups excluding carboxylic acids is 1. The van der Waals surface area contributed by atoms with Crippen molar-refractivity contribution in [3.8, 4) is 0 Å². The fraction of sp³-hybridized carbons (Fsp3) is 0.579. The van der Waals surface area contributed by atoms with Crippen LogP contribution in [-0.2, 0) is 9.47 Å². The standard InChI is InChI=1S/C19H22F3N3O4/c20-19(21,22)16(11-26)29-17(27)24-7-5-18(6-8-24)9-14(12-28-18)25-15-4-2-1-3-13(15)10-23-25/h1-4,10,14,16,26H,5-9,11-12H2/t14?,16-/m1/s1. The van der Waals surface area contributed by atoms with Gasteiger partial charge in [0, 0.05) is 24.9 Å². The van der Waals surface area contributed by atoms with Crippen LogP contribution in [-0.4, -0.2) is 70.1 Å². The van der Waals surface area contributed by atoms with Crippen molar-refractivity contribution in [3.63, 3.8) is 0 Å². The molecule has 1 aromatic heterocycles. The van der Waals surface area contributed by atoms with E-state index in [-0.39, 0.29) is 19.1 Å². The highest BCUT2D eigenvalue weighted by Gasteiger charge is 2.46. The van der Waals surface area contributed by atoms with Gasteiger partial charge in [0.1, 0.15) is 0 Å². The van der Waals surface area contributed by atoms with Crippen molar-refractivity contribution in [1.82, 2.24) is 14.7 Å². The maximum absolute atomic E-state index is 12.7. The number of aliphatic hydroxyl groups excluding tert-OH is 1. The van der Waals surface area contributed by atoms with Gasteiger partial charge in [-0.05, 0) is 18.9 Å². The van der Waals surface area contributed by atoms with Crippen LogP contribution in [0.4, 0.5) is 18.0 Å². The Kier molecular flexibility index (Phi) is 5.16. The molecule has 2 aromatic rings. The summed E-state index contributed by atoms with van der Waals surface area (Å²) in [6.07, 6.45) is -4.81. The molecule has 29 heavy (non-hydrogen) atoms. The summed E-state index contributed by atoms with van der Waals surface area (Å²) in [7, 11) is 0. The molecule has 1 N–H and O–H groups in total. The molecule has 2 saturated heterocycles. The van der Waals surface area contributed by atoms with Crippen molar-refractivity contribution < 1.29 is 32.5 Å². The van der Waals surface area contributed by atoms with Crippen molar-refractivity contribution >= 4 is 17.0 Å². The molecular formula is C19H22F3N3O4. The van der Waals surface area contributed by atoms with Crippen LogP contribution in [0.2, 0.25) is 0 Å². The number of aromatic nitrogens is 2. The molecule has 2 atom stereocenters. The van der Waals surface area contributed by atoms with E-state index >= 15 is 0 Å². The summed E-state index contributed by atoms with van der Waals surface area (Å²) in [6, 6.07) is 7.98. The minimum atomic E-state index is -4.80. The van der Waals surface area contributed by atoms with Crippen LogP contribution < -0.4 is 0 Å². The number of fused-ring (bicyclic) bond motifs is 1. The number of amides is 1. The lowest BCUT2D eigenvalue weighted by Gasteiger charge is -2.38. The van der Waals surface area contributed by atoms with Crippen LogP contribution >= 0.6 is 0 Å².